The Morgan fingerprint density at radius 2 is 1.47 bits per heavy atom. The molecule has 5 rings (SSSR count). The maximum Gasteiger partial charge on any atom is 0.311 e. The number of hydrogen-bond donors (Lipinski definition) is 2. The van der Waals surface area contributed by atoms with E-state index in [0.717, 1.165) is 22.3 Å². The third kappa shape index (κ3) is 5.96. The van der Waals surface area contributed by atoms with Gasteiger partial charge in [-0.1, -0.05) is 110 Å². The van der Waals surface area contributed by atoms with E-state index in [2.05, 4.69) is 78.7 Å². The topological polar surface area (TPSA) is 92.7 Å². The molecule has 0 amide bonds. The van der Waals surface area contributed by atoms with Crippen LogP contribution in [0.5, 0.6) is 11.5 Å². The Morgan fingerprint density at radius 3 is 2.00 bits per heavy atom. The summed E-state index contributed by atoms with van der Waals surface area (Å²) < 4.78 is 7.01. The number of carbonyl (C=O) groups is 3. The number of nitrogens with one attached hydrogen (secondary N) is 1. The number of Topliss-reactive ketones (excluding diaryl/α,β-unsaturated/α-hetero) is 2. The van der Waals surface area contributed by atoms with Crippen LogP contribution < -0.4 is 10.1 Å². The van der Waals surface area contributed by atoms with Gasteiger partial charge in [-0.05, 0) is 52.1 Å². The molecule has 0 bridgehead atoms. The summed E-state index contributed by atoms with van der Waals surface area (Å²) in [4.78, 5) is 40.0. The lowest BCUT2D eigenvalue weighted by Gasteiger charge is -2.28. The zero-order chi connectivity index (χ0) is 31.4. The van der Waals surface area contributed by atoms with Gasteiger partial charge in [-0.15, -0.1) is 0 Å². The van der Waals surface area contributed by atoms with Crippen molar-refractivity contribution in [3.63, 3.8) is 0 Å². The molecule has 1 heterocycles. The van der Waals surface area contributed by atoms with Crippen molar-refractivity contribution in [1.29, 1.82) is 0 Å². The van der Waals surface area contributed by atoms with E-state index in [4.69, 9.17) is 4.74 Å². The highest BCUT2D eigenvalue weighted by Crippen LogP contribution is 2.43. The molecule has 224 valence electrons. The number of aryl methyl sites for hydroxylation is 1. The predicted molar refractivity (Wildman–Crippen MR) is 176 cm³/mol. The van der Waals surface area contributed by atoms with E-state index in [0.29, 0.717) is 43.7 Å². The zero-order valence-corrected chi connectivity index (χ0v) is 28.3. The minimum Gasteiger partial charge on any atom is -0.507 e. The number of esters is 1. The van der Waals surface area contributed by atoms with Crippen molar-refractivity contribution < 1.29 is 24.2 Å². The monoisotopic (exact) mass is 707 g/mol. The lowest BCUT2D eigenvalue weighted by Crippen LogP contribution is -2.36. The summed E-state index contributed by atoms with van der Waals surface area (Å²) >= 11 is 6.85. The number of ketones is 2. The number of aromatic hydroxyl groups is 1. The van der Waals surface area contributed by atoms with Crippen LogP contribution in [-0.2, 0) is 22.0 Å². The third-order valence-corrected chi connectivity index (χ3v) is 9.32. The molecule has 0 saturated carbocycles. The second-order valence-corrected chi connectivity index (χ2v) is 15.0. The van der Waals surface area contributed by atoms with E-state index >= 15 is 0 Å². The lowest BCUT2D eigenvalue weighted by atomic mass is 9.78. The molecule has 3 aromatic carbocycles. The molecular weight excluding hydrogens is 674 g/mol. The van der Waals surface area contributed by atoms with Crippen molar-refractivity contribution in [3.8, 4) is 11.5 Å². The predicted octanol–water partition coefficient (Wildman–Crippen LogP) is 8.55. The Hall–Kier alpha value is -3.23. The minimum atomic E-state index is -0.943. The number of carbonyl (C=O) groups excluding carboxylic acids is 3. The number of fused-ring (bicyclic) bond motifs is 2. The molecule has 43 heavy (non-hydrogen) atoms. The number of phenolic OH excluding ortho intramolecular Hbond substituents is 1. The Balaban J connectivity index is 1.34. The average Bonchev–Trinajstić information content (AvgIpc) is 3.19. The van der Waals surface area contributed by atoms with Crippen LogP contribution in [0.25, 0.3) is 6.08 Å². The van der Waals surface area contributed by atoms with Crippen LogP contribution in [0, 0.1) is 5.92 Å². The summed E-state index contributed by atoms with van der Waals surface area (Å²) in [5.41, 5.74) is 4.22. The van der Waals surface area contributed by atoms with Gasteiger partial charge in [0.05, 0.1) is 11.7 Å². The van der Waals surface area contributed by atoms with Gasteiger partial charge in [0.2, 0.25) is 0 Å². The van der Waals surface area contributed by atoms with Crippen molar-refractivity contribution in [2.24, 2.45) is 5.92 Å². The maximum absolute atomic E-state index is 13.4. The highest BCUT2D eigenvalue weighted by Gasteiger charge is 2.45. The lowest BCUT2D eigenvalue weighted by molar-refractivity contribution is -0.134. The van der Waals surface area contributed by atoms with E-state index in [1.54, 1.807) is 24.3 Å². The van der Waals surface area contributed by atoms with E-state index in [1.807, 2.05) is 30.4 Å². The van der Waals surface area contributed by atoms with Gasteiger partial charge >= 0.3 is 5.97 Å². The fourth-order valence-corrected chi connectivity index (χ4v) is 6.79. The number of benzene rings is 3. The molecule has 0 saturated heterocycles. The van der Waals surface area contributed by atoms with E-state index < -0.39 is 17.9 Å². The summed E-state index contributed by atoms with van der Waals surface area (Å²) in [6.45, 7) is 12.4. The second-order valence-electron chi connectivity index (χ2n) is 13.2. The standard InChI is InChI=1S/C35H35Br2NO5/c1-34(2,3)20-16-18(17-21(31(20)40)35(4,5)6)10-15-26(39)43-25-9-7-8-19-11-14-24(38-30(19)25)29-32(41)27-22(36)12-13-23(37)28(27)33(29)42/h7-9,11-14,16-17,24,29,38,40H,10,15H2,1-6H3. The van der Waals surface area contributed by atoms with Gasteiger partial charge in [0, 0.05) is 32.1 Å². The van der Waals surface area contributed by atoms with Crippen molar-refractivity contribution in [3.05, 3.63) is 90.9 Å². The number of hydrogen-bond acceptors (Lipinski definition) is 6. The summed E-state index contributed by atoms with van der Waals surface area (Å²) in [5.74, 6) is -1.22. The fourth-order valence-electron chi connectivity index (χ4n) is 5.74. The van der Waals surface area contributed by atoms with Crippen LogP contribution >= 0.6 is 31.9 Å². The van der Waals surface area contributed by atoms with Gasteiger partial charge in [0.15, 0.2) is 17.3 Å². The normalized spacial score (nSPS) is 16.6. The molecule has 0 radical (unpaired) electrons. The maximum atomic E-state index is 13.4. The average molecular weight is 709 g/mol. The number of anilines is 1. The number of phenols is 1. The second kappa shape index (κ2) is 11.4. The van der Waals surface area contributed by atoms with E-state index in [9.17, 15) is 19.5 Å². The van der Waals surface area contributed by atoms with Gasteiger partial charge < -0.3 is 15.2 Å². The zero-order valence-electron chi connectivity index (χ0n) is 25.1. The quantitative estimate of drug-likeness (QED) is 0.157. The SMILES string of the molecule is CC(C)(C)c1cc(CCC(=O)Oc2cccc3c2NC(C2C(=O)c4c(Br)ccc(Br)c4C2=O)C=C3)cc(C(C)(C)C)c1O. The molecule has 6 nitrogen and oxygen atoms in total. The van der Waals surface area contributed by atoms with Crippen LogP contribution in [0.3, 0.4) is 0 Å². The molecule has 1 unspecified atom stereocenters. The molecule has 1 aliphatic heterocycles. The van der Waals surface area contributed by atoms with Crippen LogP contribution in [-0.4, -0.2) is 28.7 Å². The summed E-state index contributed by atoms with van der Waals surface area (Å²) in [7, 11) is 0. The van der Waals surface area contributed by atoms with Crippen molar-refractivity contribution in [2.75, 3.05) is 5.32 Å². The van der Waals surface area contributed by atoms with E-state index in [-0.39, 0.29) is 28.8 Å². The van der Waals surface area contributed by atoms with Gasteiger partial charge in [0.25, 0.3) is 0 Å². The van der Waals surface area contributed by atoms with Crippen molar-refractivity contribution in [1.82, 2.24) is 0 Å². The van der Waals surface area contributed by atoms with E-state index in [1.165, 1.54) is 0 Å². The van der Waals surface area contributed by atoms with Crippen LogP contribution in [0.1, 0.15) is 90.9 Å². The first kappa shape index (κ1) is 31.2. The van der Waals surface area contributed by atoms with Crippen LogP contribution in [0.2, 0.25) is 0 Å². The summed E-state index contributed by atoms with van der Waals surface area (Å²) in [6, 6.07) is 12.2. The molecule has 1 aliphatic carbocycles. The minimum absolute atomic E-state index is 0.137. The first-order valence-corrected chi connectivity index (χ1v) is 15.9. The Kier molecular flexibility index (Phi) is 8.24. The van der Waals surface area contributed by atoms with Gasteiger partial charge in [-0.2, -0.15) is 0 Å². The van der Waals surface area contributed by atoms with Gasteiger partial charge in [-0.3, -0.25) is 14.4 Å². The Labute approximate surface area is 269 Å². The molecular formula is C35H35Br2NO5. The van der Waals surface area contributed by atoms with Crippen molar-refractivity contribution in [2.45, 2.75) is 71.3 Å². The van der Waals surface area contributed by atoms with Gasteiger partial charge in [0.1, 0.15) is 11.7 Å². The molecule has 2 aliphatic rings. The highest BCUT2D eigenvalue weighted by molar-refractivity contribution is 9.11. The Bertz CT molecular complexity index is 1620. The molecule has 0 spiro atoms. The highest BCUT2D eigenvalue weighted by atomic mass is 79.9. The summed E-state index contributed by atoms with van der Waals surface area (Å²) in [6.07, 6.45) is 4.24. The van der Waals surface area contributed by atoms with Crippen LogP contribution in [0.4, 0.5) is 5.69 Å². The number of rotatable bonds is 5. The first-order valence-electron chi connectivity index (χ1n) is 14.3. The van der Waals surface area contributed by atoms with Crippen molar-refractivity contribution >= 4 is 61.2 Å². The van der Waals surface area contributed by atoms with Gasteiger partial charge in [-0.25, -0.2) is 0 Å². The first-order chi connectivity index (χ1) is 20.1. The number of ether oxygens (including phenoxy) is 1. The largest absolute Gasteiger partial charge is 0.507 e. The molecule has 0 fully saturated rings. The molecule has 1 atom stereocenters. The number of halogens is 2. The smallest absolute Gasteiger partial charge is 0.311 e. The van der Waals surface area contributed by atoms with Crippen LogP contribution in [0.15, 0.2) is 57.5 Å². The fraction of sp³-hybridized carbons (Fsp3) is 0.343. The molecule has 0 aromatic heterocycles. The summed E-state index contributed by atoms with van der Waals surface area (Å²) in [5, 5.41) is 14.3. The third-order valence-electron chi connectivity index (χ3n) is 8.00. The molecule has 3 aromatic rings. The molecule has 2 N–H and O–H groups in total. The number of para-hydroxylation sites is 1. The molecule has 8 heteroatoms. The Morgan fingerprint density at radius 1 is 0.907 bits per heavy atom.